The molecular weight excluding hydrogens is 158 g/mol. The van der Waals surface area contributed by atoms with E-state index >= 15 is 0 Å². The molecule has 0 aliphatic carbocycles. The van der Waals surface area contributed by atoms with Crippen LogP contribution in [-0.2, 0) is 0 Å². The van der Waals surface area contributed by atoms with E-state index < -0.39 is 0 Å². The molecule has 0 aromatic heterocycles. The van der Waals surface area contributed by atoms with E-state index in [2.05, 4.69) is 38.8 Å². The molecule has 0 bridgehead atoms. The van der Waals surface area contributed by atoms with Gasteiger partial charge in [-0.15, -0.1) is 0 Å². The van der Waals surface area contributed by atoms with Gasteiger partial charge in [0.05, 0.1) is 0 Å². The fourth-order valence-corrected chi connectivity index (χ4v) is 0.848. The molecule has 74 valence electrons. The van der Waals surface area contributed by atoms with Gasteiger partial charge in [-0.05, 0) is 31.8 Å². The van der Waals surface area contributed by atoms with Gasteiger partial charge < -0.3 is 0 Å². The molecule has 1 atom stereocenters. The third kappa shape index (κ3) is 6.32. The summed E-state index contributed by atoms with van der Waals surface area (Å²) < 4.78 is 0. The van der Waals surface area contributed by atoms with Gasteiger partial charge in [-0.2, -0.15) is 0 Å². The van der Waals surface area contributed by atoms with Gasteiger partial charge in [0.2, 0.25) is 0 Å². The summed E-state index contributed by atoms with van der Waals surface area (Å²) in [6.45, 7) is 8.60. The zero-order valence-electron chi connectivity index (χ0n) is 9.25. The molecule has 0 aromatic carbocycles. The van der Waals surface area contributed by atoms with Crippen LogP contribution >= 0.6 is 0 Å². The van der Waals surface area contributed by atoms with Crippen molar-refractivity contribution in [1.29, 1.82) is 0 Å². The zero-order chi connectivity index (χ0) is 10.1. The van der Waals surface area contributed by atoms with E-state index in [0.29, 0.717) is 5.92 Å². The number of rotatable bonds is 5. The molecule has 0 fully saturated rings. The summed E-state index contributed by atoms with van der Waals surface area (Å²) in [5.74, 6) is 0.597. The highest BCUT2D eigenvalue weighted by Gasteiger charge is 1.99. The number of nitrogens with zero attached hydrogens (tertiary/aromatic N) is 1. The van der Waals surface area contributed by atoms with Crippen LogP contribution in [-0.4, -0.2) is 5.71 Å². The van der Waals surface area contributed by atoms with Crippen LogP contribution in [0.5, 0.6) is 0 Å². The van der Waals surface area contributed by atoms with Gasteiger partial charge in [-0.1, -0.05) is 32.9 Å². The third-order valence-corrected chi connectivity index (χ3v) is 2.17. The summed E-state index contributed by atoms with van der Waals surface area (Å²) in [6.07, 6.45) is 10.2. The molecule has 0 radical (unpaired) electrons. The molecular formula is C12H21N. The van der Waals surface area contributed by atoms with Gasteiger partial charge in [-0.3, -0.25) is 4.99 Å². The monoisotopic (exact) mass is 179 g/mol. The van der Waals surface area contributed by atoms with Gasteiger partial charge in [0.15, 0.2) is 0 Å². The minimum atomic E-state index is 0.597. The van der Waals surface area contributed by atoms with Crippen molar-refractivity contribution in [3.05, 3.63) is 24.4 Å². The van der Waals surface area contributed by atoms with Crippen LogP contribution < -0.4 is 0 Å². The minimum absolute atomic E-state index is 0.597. The Balaban J connectivity index is 3.95. The molecule has 1 nitrogen and oxygen atoms in total. The van der Waals surface area contributed by atoms with E-state index in [1.807, 2.05) is 18.4 Å². The van der Waals surface area contributed by atoms with Crippen molar-refractivity contribution in [3.63, 3.8) is 0 Å². The van der Waals surface area contributed by atoms with Gasteiger partial charge in [-0.25, -0.2) is 0 Å². The van der Waals surface area contributed by atoms with Crippen molar-refractivity contribution >= 4 is 5.71 Å². The lowest BCUT2D eigenvalue weighted by atomic mass is 10.0. The average Bonchev–Trinajstić information content (AvgIpc) is 2.16. The first-order chi connectivity index (χ1) is 6.22. The first-order valence-electron chi connectivity index (χ1n) is 5.08. The SMILES string of the molecule is CC/C=C/C=C\N=C(C)C(C)CC. The van der Waals surface area contributed by atoms with Crippen LogP contribution in [0.3, 0.4) is 0 Å². The second-order valence-electron chi connectivity index (χ2n) is 3.26. The second-order valence-corrected chi connectivity index (χ2v) is 3.26. The smallest absolute Gasteiger partial charge is 0.0267 e. The maximum Gasteiger partial charge on any atom is 0.0267 e. The molecule has 0 N–H and O–H groups in total. The molecule has 0 saturated carbocycles. The van der Waals surface area contributed by atoms with Crippen LogP contribution in [0.1, 0.15) is 40.5 Å². The Kier molecular flexibility index (Phi) is 7.27. The summed E-state index contributed by atoms with van der Waals surface area (Å²) in [6, 6.07) is 0. The fourth-order valence-electron chi connectivity index (χ4n) is 0.848. The molecule has 0 aliphatic rings. The Morgan fingerprint density at radius 3 is 2.54 bits per heavy atom. The lowest BCUT2D eigenvalue weighted by Crippen LogP contribution is -2.04. The van der Waals surface area contributed by atoms with Crippen molar-refractivity contribution < 1.29 is 0 Å². The van der Waals surface area contributed by atoms with Crippen molar-refractivity contribution in [2.24, 2.45) is 10.9 Å². The normalized spacial score (nSPS) is 15.8. The molecule has 0 aromatic rings. The van der Waals surface area contributed by atoms with E-state index in [-0.39, 0.29) is 0 Å². The Hall–Kier alpha value is -0.850. The van der Waals surface area contributed by atoms with Crippen LogP contribution in [0.4, 0.5) is 0 Å². The van der Waals surface area contributed by atoms with Gasteiger partial charge >= 0.3 is 0 Å². The summed E-state index contributed by atoms with van der Waals surface area (Å²) in [7, 11) is 0. The van der Waals surface area contributed by atoms with E-state index in [9.17, 15) is 0 Å². The summed E-state index contributed by atoms with van der Waals surface area (Å²) in [5, 5.41) is 0. The van der Waals surface area contributed by atoms with E-state index in [1.54, 1.807) is 0 Å². The van der Waals surface area contributed by atoms with Gasteiger partial charge in [0, 0.05) is 11.9 Å². The molecule has 0 heterocycles. The van der Waals surface area contributed by atoms with Crippen molar-refractivity contribution in [2.45, 2.75) is 40.5 Å². The quantitative estimate of drug-likeness (QED) is 0.447. The molecule has 13 heavy (non-hydrogen) atoms. The Bertz CT molecular complexity index is 199. The van der Waals surface area contributed by atoms with Crippen molar-refractivity contribution in [3.8, 4) is 0 Å². The van der Waals surface area contributed by atoms with E-state index in [4.69, 9.17) is 0 Å². The first-order valence-corrected chi connectivity index (χ1v) is 5.08. The Labute approximate surface area is 82.3 Å². The summed E-state index contributed by atoms with van der Waals surface area (Å²) in [5.41, 5.74) is 1.21. The predicted molar refractivity (Wildman–Crippen MR) is 61.1 cm³/mol. The largest absolute Gasteiger partial charge is 0.266 e. The molecule has 0 amide bonds. The first kappa shape index (κ1) is 12.2. The maximum absolute atomic E-state index is 4.35. The highest BCUT2D eigenvalue weighted by Crippen LogP contribution is 2.03. The maximum atomic E-state index is 4.35. The summed E-state index contributed by atoms with van der Waals surface area (Å²) in [4.78, 5) is 4.35. The van der Waals surface area contributed by atoms with Crippen molar-refractivity contribution in [2.75, 3.05) is 0 Å². The standard InChI is InChI=1S/C12H21N/c1-5-7-8-9-10-13-12(4)11(3)6-2/h7-11H,5-6H2,1-4H3/b8-7+,10-9-,13-12?. The average molecular weight is 179 g/mol. The molecule has 0 saturated heterocycles. The van der Waals surface area contributed by atoms with Gasteiger partial charge in [0.1, 0.15) is 0 Å². The number of hydrogen-bond donors (Lipinski definition) is 0. The number of hydrogen-bond acceptors (Lipinski definition) is 1. The topological polar surface area (TPSA) is 12.4 Å². The lowest BCUT2D eigenvalue weighted by Gasteiger charge is -2.05. The molecule has 0 spiro atoms. The molecule has 1 unspecified atom stereocenters. The highest BCUT2D eigenvalue weighted by molar-refractivity contribution is 5.84. The third-order valence-electron chi connectivity index (χ3n) is 2.17. The van der Waals surface area contributed by atoms with Gasteiger partial charge in [0.25, 0.3) is 0 Å². The van der Waals surface area contributed by atoms with Crippen molar-refractivity contribution in [1.82, 2.24) is 0 Å². The lowest BCUT2D eigenvalue weighted by molar-refractivity contribution is 0.736. The van der Waals surface area contributed by atoms with E-state index in [1.165, 1.54) is 5.71 Å². The molecule has 0 rings (SSSR count). The minimum Gasteiger partial charge on any atom is -0.266 e. The number of allylic oxidation sites excluding steroid dienone is 3. The Morgan fingerprint density at radius 2 is 2.00 bits per heavy atom. The summed E-state index contributed by atoms with van der Waals surface area (Å²) >= 11 is 0. The highest BCUT2D eigenvalue weighted by atomic mass is 14.7. The Morgan fingerprint density at radius 1 is 1.31 bits per heavy atom. The molecule has 1 heteroatoms. The predicted octanol–water partition coefficient (Wildman–Crippen LogP) is 3.97. The van der Waals surface area contributed by atoms with Crippen LogP contribution in [0.2, 0.25) is 0 Å². The number of aliphatic imine (C=N–C) groups is 1. The second kappa shape index (κ2) is 7.78. The van der Waals surface area contributed by atoms with Crippen LogP contribution in [0.25, 0.3) is 0 Å². The van der Waals surface area contributed by atoms with Crippen LogP contribution in [0.15, 0.2) is 29.4 Å². The fraction of sp³-hybridized carbons (Fsp3) is 0.583. The van der Waals surface area contributed by atoms with E-state index in [0.717, 1.165) is 12.8 Å². The zero-order valence-corrected chi connectivity index (χ0v) is 9.25. The van der Waals surface area contributed by atoms with Crippen LogP contribution in [0, 0.1) is 5.92 Å². The molecule has 0 aliphatic heterocycles.